The minimum Gasteiger partial charge on any atom is -0.344 e. The van der Waals surface area contributed by atoms with Crippen LogP contribution >= 0.6 is 0 Å². The van der Waals surface area contributed by atoms with Crippen molar-refractivity contribution in [2.45, 2.75) is 53.4 Å². The number of hydrogen-bond donors (Lipinski definition) is 2. The molecule has 1 heterocycles. The predicted octanol–water partition coefficient (Wildman–Crippen LogP) is 6.12. The van der Waals surface area contributed by atoms with Gasteiger partial charge in [-0.05, 0) is 63.8 Å². The van der Waals surface area contributed by atoms with Crippen molar-refractivity contribution in [3.63, 3.8) is 0 Å². The molecule has 0 aromatic heterocycles. The van der Waals surface area contributed by atoms with E-state index in [4.69, 9.17) is 20.0 Å². The fourth-order valence-corrected chi connectivity index (χ4v) is 3.72. The molecule has 0 bridgehead atoms. The Morgan fingerprint density at radius 2 is 0.912 bits per heavy atom. The van der Waals surface area contributed by atoms with Gasteiger partial charge in [-0.25, -0.2) is 0 Å². The van der Waals surface area contributed by atoms with Crippen molar-refractivity contribution < 1.29 is 0 Å². The Morgan fingerprint density at radius 1 is 0.529 bits per heavy atom. The average molecular weight is 459 g/mol. The van der Waals surface area contributed by atoms with Gasteiger partial charge < -0.3 is 10.6 Å². The number of para-hydroxylation sites is 2. The SMILES string of the molecule is CC1=NCCCN=C(Nc2ccccc2C)CC(C)=NCCCN=C(Nc2ccccc2C)C1. The zero-order chi connectivity index (χ0) is 24.2. The normalized spacial score (nSPS) is 16.6. The molecule has 0 unspecified atom stereocenters. The van der Waals surface area contributed by atoms with Crippen LogP contribution in [0.3, 0.4) is 0 Å². The van der Waals surface area contributed by atoms with E-state index in [2.05, 4.69) is 74.7 Å². The Balaban J connectivity index is 1.70. The van der Waals surface area contributed by atoms with Crippen molar-refractivity contribution in [1.29, 1.82) is 0 Å². The molecule has 1 aliphatic heterocycles. The molecule has 6 nitrogen and oxygen atoms in total. The summed E-state index contributed by atoms with van der Waals surface area (Å²) in [4.78, 5) is 19.3. The summed E-state index contributed by atoms with van der Waals surface area (Å²) in [7, 11) is 0. The van der Waals surface area contributed by atoms with Crippen LogP contribution in [-0.2, 0) is 0 Å². The van der Waals surface area contributed by atoms with Crippen LogP contribution in [0.15, 0.2) is 68.5 Å². The Hall–Kier alpha value is -3.28. The number of hydrogen-bond acceptors (Lipinski definition) is 6. The van der Waals surface area contributed by atoms with Crippen LogP contribution in [0.4, 0.5) is 11.4 Å². The second-order valence-corrected chi connectivity index (χ2v) is 8.83. The molecule has 0 saturated carbocycles. The number of nitrogens with zero attached hydrogens (tertiary/aromatic N) is 4. The number of benzene rings is 2. The topological polar surface area (TPSA) is 73.5 Å². The molecular weight excluding hydrogens is 420 g/mol. The molecule has 2 N–H and O–H groups in total. The largest absolute Gasteiger partial charge is 0.344 e. The van der Waals surface area contributed by atoms with E-state index in [9.17, 15) is 0 Å². The van der Waals surface area contributed by atoms with Gasteiger partial charge in [0.05, 0.1) is 0 Å². The first-order chi connectivity index (χ1) is 16.5. The summed E-state index contributed by atoms with van der Waals surface area (Å²) in [5, 5.41) is 7.05. The van der Waals surface area contributed by atoms with E-state index in [1.165, 1.54) is 11.1 Å². The maximum absolute atomic E-state index is 4.86. The highest BCUT2D eigenvalue weighted by atomic mass is 15.0. The molecule has 34 heavy (non-hydrogen) atoms. The van der Waals surface area contributed by atoms with Crippen LogP contribution in [0, 0.1) is 13.8 Å². The standard InChI is InChI=1S/C28H38N6/c1-21-11-5-7-13-25(21)33-27-19-23(3)29-16-10-18-32-28(20-24(4)30-15-9-17-31-27)34-26-14-8-6-12-22(26)2/h5-8,11-14H,9-10,15-20H2,1-4H3,(H,31,33)(H,32,34). The first-order valence-corrected chi connectivity index (χ1v) is 12.2. The zero-order valence-electron chi connectivity index (χ0n) is 21.1. The van der Waals surface area contributed by atoms with Crippen molar-refractivity contribution in [2.24, 2.45) is 20.0 Å². The smallest absolute Gasteiger partial charge is 0.106 e. The van der Waals surface area contributed by atoms with Crippen LogP contribution in [0.25, 0.3) is 0 Å². The predicted molar refractivity (Wildman–Crippen MR) is 149 cm³/mol. The van der Waals surface area contributed by atoms with Crippen molar-refractivity contribution in [3.05, 3.63) is 59.7 Å². The van der Waals surface area contributed by atoms with Gasteiger partial charge in [-0.3, -0.25) is 20.0 Å². The van der Waals surface area contributed by atoms with Gasteiger partial charge in [0, 0.05) is 61.8 Å². The maximum Gasteiger partial charge on any atom is 0.106 e. The number of aliphatic imine (C=N–C) groups is 4. The molecule has 0 radical (unpaired) electrons. The molecule has 3 rings (SSSR count). The Labute approximate surface area is 204 Å². The first-order valence-electron chi connectivity index (χ1n) is 12.2. The van der Waals surface area contributed by atoms with E-state index in [1.54, 1.807) is 0 Å². The summed E-state index contributed by atoms with van der Waals surface area (Å²) in [5.74, 6) is 1.93. The van der Waals surface area contributed by atoms with Gasteiger partial charge >= 0.3 is 0 Å². The highest BCUT2D eigenvalue weighted by Crippen LogP contribution is 2.15. The van der Waals surface area contributed by atoms with Gasteiger partial charge in [0.1, 0.15) is 11.7 Å². The van der Waals surface area contributed by atoms with E-state index in [0.717, 1.165) is 86.3 Å². The second kappa shape index (κ2) is 13.4. The Kier molecular flexibility index (Phi) is 10.0. The lowest BCUT2D eigenvalue weighted by Crippen LogP contribution is -2.18. The number of nitrogens with one attached hydrogen (secondary N) is 2. The van der Waals surface area contributed by atoms with E-state index < -0.39 is 0 Å². The molecule has 2 aromatic rings. The van der Waals surface area contributed by atoms with Gasteiger partial charge in [0.25, 0.3) is 0 Å². The third-order valence-electron chi connectivity index (χ3n) is 5.70. The summed E-state index contributed by atoms with van der Waals surface area (Å²) < 4.78 is 0. The summed E-state index contributed by atoms with van der Waals surface area (Å²) in [6.07, 6.45) is 3.26. The van der Waals surface area contributed by atoms with Crippen molar-refractivity contribution in [1.82, 2.24) is 0 Å². The highest BCUT2D eigenvalue weighted by molar-refractivity contribution is 6.09. The van der Waals surface area contributed by atoms with Crippen LogP contribution < -0.4 is 10.6 Å². The van der Waals surface area contributed by atoms with Gasteiger partial charge in [-0.1, -0.05) is 36.4 Å². The quantitative estimate of drug-likeness (QED) is 0.569. The van der Waals surface area contributed by atoms with Crippen LogP contribution in [-0.4, -0.2) is 49.3 Å². The molecule has 0 atom stereocenters. The van der Waals surface area contributed by atoms with Gasteiger partial charge in [-0.15, -0.1) is 0 Å². The molecule has 180 valence electrons. The Morgan fingerprint density at radius 3 is 1.32 bits per heavy atom. The van der Waals surface area contributed by atoms with Crippen molar-refractivity contribution in [2.75, 3.05) is 36.8 Å². The fourth-order valence-electron chi connectivity index (χ4n) is 3.72. The lowest BCUT2D eigenvalue weighted by Gasteiger charge is -2.14. The number of amidine groups is 2. The van der Waals surface area contributed by atoms with E-state index >= 15 is 0 Å². The third-order valence-corrected chi connectivity index (χ3v) is 5.70. The summed E-state index contributed by atoms with van der Waals surface area (Å²) >= 11 is 0. The zero-order valence-corrected chi connectivity index (χ0v) is 21.1. The molecule has 0 spiro atoms. The molecule has 0 saturated heterocycles. The second-order valence-electron chi connectivity index (χ2n) is 8.83. The monoisotopic (exact) mass is 458 g/mol. The van der Waals surface area contributed by atoms with Crippen LogP contribution in [0.1, 0.15) is 50.7 Å². The summed E-state index contributed by atoms with van der Waals surface area (Å²) in [5.41, 5.74) is 6.78. The van der Waals surface area contributed by atoms with E-state index in [-0.39, 0.29) is 0 Å². The first kappa shape index (κ1) is 25.3. The Bertz CT molecular complexity index is 979. The van der Waals surface area contributed by atoms with Gasteiger partial charge in [0.2, 0.25) is 0 Å². The average Bonchev–Trinajstić information content (AvgIpc) is 2.80. The summed E-state index contributed by atoms with van der Waals surface area (Å²) in [6, 6.07) is 16.6. The number of anilines is 2. The van der Waals surface area contributed by atoms with Gasteiger partial charge in [-0.2, -0.15) is 0 Å². The minimum atomic E-state index is 0.722. The molecular formula is C28H38N6. The summed E-state index contributed by atoms with van der Waals surface area (Å²) in [6.45, 7) is 11.4. The maximum atomic E-state index is 4.86. The van der Waals surface area contributed by atoms with E-state index in [1.807, 2.05) is 12.1 Å². The third kappa shape index (κ3) is 8.58. The minimum absolute atomic E-state index is 0.722. The van der Waals surface area contributed by atoms with Crippen LogP contribution in [0.2, 0.25) is 0 Å². The van der Waals surface area contributed by atoms with E-state index in [0.29, 0.717) is 0 Å². The molecule has 2 aromatic carbocycles. The van der Waals surface area contributed by atoms with Crippen molar-refractivity contribution in [3.8, 4) is 0 Å². The molecule has 1 aliphatic rings. The fraction of sp³-hybridized carbons (Fsp3) is 0.429. The molecule has 0 amide bonds. The lowest BCUT2D eigenvalue weighted by molar-refractivity contribution is 0.834. The lowest BCUT2D eigenvalue weighted by atomic mass is 10.2. The number of aryl methyl sites for hydroxylation is 2. The molecule has 6 heteroatoms. The van der Waals surface area contributed by atoms with Gasteiger partial charge in [0.15, 0.2) is 0 Å². The number of rotatable bonds is 2. The molecule has 0 aliphatic carbocycles. The molecule has 0 fully saturated rings. The van der Waals surface area contributed by atoms with Crippen LogP contribution in [0.5, 0.6) is 0 Å². The van der Waals surface area contributed by atoms with Crippen molar-refractivity contribution >= 4 is 34.5 Å². The highest BCUT2D eigenvalue weighted by Gasteiger charge is 2.07.